The van der Waals surface area contributed by atoms with Crippen molar-refractivity contribution in [2.45, 2.75) is 18.9 Å². The third-order valence-corrected chi connectivity index (χ3v) is 5.07. The number of nitrogens with zero attached hydrogens (tertiary/aromatic N) is 6. The number of rotatable bonds is 3. The number of aryl methyl sites for hydroxylation is 1. The van der Waals surface area contributed by atoms with Gasteiger partial charge in [0, 0.05) is 38.9 Å². The van der Waals surface area contributed by atoms with E-state index >= 15 is 0 Å². The first kappa shape index (κ1) is 15.7. The summed E-state index contributed by atoms with van der Waals surface area (Å²) >= 11 is 0. The number of fused-ring (bicyclic) bond motifs is 1. The zero-order chi connectivity index (χ0) is 17.4. The Kier molecular flexibility index (Phi) is 3.91. The van der Waals surface area contributed by atoms with Gasteiger partial charge in [0.25, 0.3) is 0 Å². The summed E-state index contributed by atoms with van der Waals surface area (Å²) in [7, 11) is 4.05. The maximum Gasteiger partial charge on any atom is 0.229 e. The quantitative estimate of drug-likeness (QED) is 0.788. The SMILES string of the molecule is CN(c1ccccc1)C1CCN(c2nc(N)c3cnn(C)c3n2)CC1. The van der Waals surface area contributed by atoms with Gasteiger partial charge in [0.15, 0.2) is 5.65 Å². The fourth-order valence-corrected chi connectivity index (χ4v) is 3.50. The zero-order valence-electron chi connectivity index (χ0n) is 14.6. The normalized spacial score (nSPS) is 15.7. The van der Waals surface area contributed by atoms with Crippen molar-refractivity contribution in [1.82, 2.24) is 19.7 Å². The first-order chi connectivity index (χ1) is 12.1. The maximum atomic E-state index is 6.09. The Labute approximate surface area is 147 Å². The molecule has 3 heterocycles. The zero-order valence-corrected chi connectivity index (χ0v) is 14.6. The minimum atomic E-state index is 0.497. The van der Waals surface area contributed by atoms with Crippen LogP contribution in [0.4, 0.5) is 17.5 Å². The molecule has 0 unspecified atom stereocenters. The average molecular weight is 337 g/mol. The molecule has 0 spiro atoms. The molecule has 0 aliphatic carbocycles. The third-order valence-electron chi connectivity index (χ3n) is 5.07. The minimum Gasteiger partial charge on any atom is -0.383 e. The van der Waals surface area contributed by atoms with E-state index in [-0.39, 0.29) is 0 Å². The van der Waals surface area contributed by atoms with Gasteiger partial charge in [-0.2, -0.15) is 15.1 Å². The molecule has 1 saturated heterocycles. The summed E-state index contributed by atoms with van der Waals surface area (Å²) in [6.45, 7) is 1.84. The van der Waals surface area contributed by atoms with E-state index in [1.807, 2.05) is 7.05 Å². The van der Waals surface area contributed by atoms with Crippen LogP contribution in [0.5, 0.6) is 0 Å². The number of benzene rings is 1. The van der Waals surface area contributed by atoms with Crippen molar-refractivity contribution >= 4 is 28.5 Å². The van der Waals surface area contributed by atoms with Crippen molar-refractivity contribution in [3.8, 4) is 0 Å². The Hall–Kier alpha value is -2.83. The number of nitrogen functional groups attached to an aromatic ring is 1. The Morgan fingerprint density at radius 3 is 2.56 bits per heavy atom. The predicted molar refractivity (Wildman–Crippen MR) is 101 cm³/mol. The van der Waals surface area contributed by atoms with Crippen LogP contribution in [0.15, 0.2) is 36.5 Å². The van der Waals surface area contributed by atoms with Gasteiger partial charge in [-0.3, -0.25) is 4.68 Å². The third kappa shape index (κ3) is 2.86. The summed E-state index contributed by atoms with van der Waals surface area (Å²) in [5.74, 6) is 1.20. The lowest BCUT2D eigenvalue weighted by Crippen LogP contribution is -2.44. The van der Waals surface area contributed by atoms with Crippen molar-refractivity contribution in [2.24, 2.45) is 7.05 Å². The minimum absolute atomic E-state index is 0.497. The van der Waals surface area contributed by atoms with E-state index in [1.54, 1.807) is 10.9 Å². The molecule has 130 valence electrons. The number of hydrogen-bond donors (Lipinski definition) is 1. The second-order valence-corrected chi connectivity index (χ2v) is 6.58. The standard InChI is InChI=1S/C18H23N7/c1-23(13-6-4-3-5-7-13)14-8-10-25(11-9-14)18-21-16(19)15-12-20-24(2)17(15)22-18/h3-7,12,14H,8-11H2,1-2H3,(H2,19,21,22). The number of nitrogens with two attached hydrogens (primary N) is 1. The van der Waals surface area contributed by atoms with Gasteiger partial charge in [0.2, 0.25) is 5.95 Å². The van der Waals surface area contributed by atoms with E-state index in [1.165, 1.54) is 5.69 Å². The first-order valence-corrected chi connectivity index (χ1v) is 8.61. The molecule has 0 saturated carbocycles. The fourth-order valence-electron chi connectivity index (χ4n) is 3.50. The van der Waals surface area contributed by atoms with Crippen LogP contribution in [0.3, 0.4) is 0 Å². The highest BCUT2D eigenvalue weighted by Gasteiger charge is 2.25. The molecule has 7 nitrogen and oxygen atoms in total. The van der Waals surface area contributed by atoms with Gasteiger partial charge in [0.1, 0.15) is 5.82 Å². The molecule has 1 aliphatic heterocycles. The summed E-state index contributed by atoms with van der Waals surface area (Å²) in [5.41, 5.74) is 8.13. The van der Waals surface area contributed by atoms with E-state index < -0.39 is 0 Å². The molecule has 0 atom stereocenters. The molecule has 4 rings (SSSR count). The molecule has 0 radical (unpaired) electrons. The van der Waals surface area contributed by atoms with E-state index in [9.17, 15) is 0 Å². The fraction of sp³-hybridized carbons (Fsp3) is 0.389. The molecule has 1 fully saturated rings. The number of hydrogen-bond acceptors (Lipinski definition) is 6. The lowest BCUT2D eigenvalue weighted by atomic mass is 10.0. The largest absolute Gasteiger partial charge is 0.383 e. The van der Waals surface area contributed by atoms with Crippen LogP contribution in [0.2, 0.25) is 0 Å². The van der Waals surface area contributed by atoms with Crippen LogP contribution < -0.4 is 15.5 Å². The van der Waals surface area contributed by atoms with Gasteiger partial charge in [-0.05, 0) is 25.0 Å². The Balaban J connectivity index is 1.49. The molecule has 0 amide bonds. The van der Waals surface area contributed by atoms with Gasteiger partial charge in [-0.25, -0.2) is 0 Å². The van der Waals surface area contributed by atoms with Gasteiger partial charge < -0.3 is 15.5 Å². The molecule has 2 aromatic heterocycles. The highest BCUT2D eigenvalue weighted by Crippen LogP contribution is 2.26. The highest BCUT2D eigenvalue weighted by atomic mass is 15.3. The number of para-hydroxylation sites is 1. The van der Waals surface area contributed by atoms with Crippen LogP contribution >= 0.6 is 0 Å². The molecule has 1 aromatic carbocycles. The van der Waals surface area contributed by atoms with E-state index in [0.717, 1.165) is 37.0 Å². The Bertz CT molecular complexity index is 866. The molecular weight excluding hydrogens is 314 g/mol. The summed E-state index contributed by atoms with van der Waals surface area (Å²) in [6.07, 6.45) is 3.85. The Morgan fingerprint density at radius 2 is 1.84 bits per heavy atom. The van der Waals surface area contributed by atoms with Crippen LogP contribution in [-0.2, 0) is 7.05 Å². The van der Waals surface area contributed by atoms with E-state index in [4.69, 9.17) is 5.73 Å². The first-order valence-electron chi connectivity index (χ1n) is 8.61. The number of anilines is 3. The van der Waals surface area contributed by atoms with Crippen LogP contribution in [0.1, 0.15) is 12.8 Å². The summed E-state index contributed by atoms with van der Waals surface area (Å²) in [5, 5.41) is 5.03. The maximum absolute atomic E-state index is 6.09. The molecule has 7 heteroatoms. The molecule has 3 aromatic rings. The van der Waals surface area contributed by atoms with Crippen LogP contribution in [-0.4, -0.2) is 45.9 Å². The molecule has 1 aliphatic rings. The van der Waals surface area contributed by atoms with Crippen LogP contribution in [0.25, 0.3) is 11.0 Å². The van der Waals surface area contributed by atoms with E-state index in [0.29, 0.717) is 17.8 Å². The van der Waals surface area contributed by atoms with Gasteiger partial charge in [-0.1, -0.05) is 18.2 Å². The Morgan fingerprint density at radius 1 is 1.12 bits per heavy atom. The second-order valence-electron chi connectivity index (χ2n) is 6.58. The highest BCUT2D eigenvalue weighted by molar-refractivity contribution is 5.86. The molecule has 2 N–H and O–H groups in total. The summed E-state index contributed by atoms with van der Waals surface area (Å²) in [6, 6.07) is 11.1. The van der Waals surface area contributed by atoms with Gasteiger partial charge in [0.05, 0.1) is 11.6 Å². The topological polar surface area (TPSA) is 76.1 Å². The second kappa shape index (κ2) is 6.23. The van der Waals surface area contributed by atoms with Crippen molar-refractivity contribution in [3.63, 3.8) is 0 Å². The van der Waals surface area contributed by atoms with Crippen molar-refractivity contribution in [2.75, 3.05) is 35.7 Å². The molecule has 25 heavy (non-hydrogen) atoms. The lowest BCUT2D eigenvalue weighted by Gasteiger charge is -2.37. The molecular formula is C18H23N7. The number of aromatic nitrogens is 4. The van der Waals surface area contributed by atoms with Crippen molar-refractivity contribution in [3.05, 3.63) is 36.5 Å². The smallest absolute Gasteiger partial charge is 0.229 e. The lowest BCUT2D eigenvalue weighted by molar-refractivity contribution is 0.478. The van der Waals surface area contributed by atoms with Gasteiger partial charge >= 0.3 is 0 Å². The predicted octanol–water partition coefficient (Wildman–Crippen LogP) is 2.05. The monoisotopic (exact) mass is 337 g/mol. The molecule has 0 bridgehead atoms. The summed E-state index contributed by atoms with van der Waals surface area (Å²) in [4.78, 5) is 13.8. The number of piperidine rings is 1. The van der Waals surface area contributed by atoms with Crippen LogP contribution in [0, 0.1) is 0 Å². The van der Waals surface area contributed by atoms with E-state index in [2.05, 4.69) is 62.2 Å². The summed E-state index contributed by atoms with van der Waals surface area (Å²) < 4.78 is 1.74. The van der Waals surface area contributed by atoms with Crippen molar-refractivity contribution < 1.29 is 0 Å². The van der Waals surface area contributed by atoms with Gasteiger partial charge in [-0.15, -0.1) is 0 Å². The average Bonchev–Trinajstić information content (AvgIpc) is 3.04. The van der Waals surface area contributed by atoms with Crippen molar-refractivity contribution in [1.29, 1.82) is 0 Å².